The van der Waals surface area contributed by atoms with E-state index >= 15 is 0 Å². The van der Waals surface area contributed by atoms with Crippen LogP contribution in [-0.2, 0) is 16.0 Å². The number of hydrogen-bond acceptors (Lipinski definition) is 7. The van der Waals surface area contributed by atoms with Gasteiger partial charge in [0.25, 0.3) is 0 Å². The lowest BCUT2D eigenvalue weighted by Gasteiger charge is -2.26. The van der Waals surface area contributed by atoms with Crippen molar-refractivity contribution in [2.75, 3.05) is 6.54 Å². The van der Waals surface area contributed by atoms with Crippen molar-refractivity contribution in [3.8, 4) is 11.5 Å². The van der Waals surface area contributed by atoms with Crippen molar-refractivity contribution in [3.05, 3.63) is 22.7 Å². The van der Waals surface area contributed by atoms with Gasteiger partial charge in [0.1, 0.15) is 5.60 Å². The molecule has 0 bridgehead atoms. The first kappa shape index (κ1) is 21.9. The van der Waals surface area contributed by atoms with E-state index in [1.807, 2.05) is 30.7 Å². The number of rotatable bonds is 8. The van der Waals surface area contributed by atoms with Crippen molar-refractivity contribution in [1.29, 1.82) is 0 Å². The lowest BCUT2D eigenvalue weighted by molar-refractivity contribution is -0.121. The van der Waals surface area contributed by atoms with Gasteiger partial charge in [-0.2, -0.15) is 11.3 Å². The Kier molecular flexibility index (Phi) is 7.56. The minimum atomic E-state index is -0.569. The summed E-state index contributed by atoms with van der Waals surface area (Å²) in [6.07, 6.45) is 0.0874. The molecule has 0 aliphatic carbocycles. The third-order valence-corrected chi connectivity index (χ3v) is 4.51. The molecule has 0 aliphatic heterocycles. The van der Waals surface area contributed by atoms with Gasteiger partial charge < -0.3 is 19.8 Å². The Bertz CT molecular complexity index is 765. The highest BCUT2D eigenvalue weighted by Crippen LogP contribution is 2.20. The number of aryl methyl sites for hydroxylation is 1. The largest absolute Gasteiger partial charge is 0.444 e. The molecule has 0 spiro atoms. The Morgan fingerprint density at radius 3 is 2.64 bits per heavy atom. The summed E-state index contributed by atoms with van der Waals surface area (Å²) in [5.74, 6) is 0.866. The van der Waals surface area contributed by atoms with Crippen molar-refractivity contribution in [1.82, 2.24) is 20.8 Å². The van der Waals surface area contributed by atoms with E-state index in [1.54, 1.807) is 32.1 Å². The van der Waals surface area contributed by atoms with Gasteiger partial charge in [-0.15, -0.1) is 10.2 Å². The van der Waals surface area contributed by atoms with Gasteiger partial charge in [-0.25, -0.2) is 4.79 Å². The Balaban J connectivity index is 1.77. The summed E-state index contributed by atoms with van der Waals surface area (Å²) in [7, 11) is 0. The molecule has 2 heterocycles. The number of thiophene rings is 1. The molecule has 2 amide bonds. The third-order valence-electron chi connectivity index (χ3n) is 3.83. The van der Waals surface area contributed by atoms with Crippen LogP contribution in [0, 0.1) is 5.92 Å². The molecule has 0 radical (unpaired) electrons. The van der Waals surface area contributed by atoms with Crippen LogP contribution in [0.2, 0.25) is 0 Å². The van der Waals surface area contributed by atoms with E-state index in [9.17, 15) is 9.59 Å². The number of amides is 2. The van der Waals surface area contributed by atoms with Crippen LogP contribution in [0.5, 0.6) is 0 Å². The second-order valence-corrected chi connectivity index (χ2v) is 8.59. The highest BCUT2D eigenvalue weighted by molar-refractivity contribution is 7.08. The zero-order valence-electron chi connectivity index (χ0n) is 16.9. The molecule has 0 saturated heterocycles. The van der Waals surface area contributed by atoms with Crippen LogP contribution in [-0.4, -0.2) is 40.4 Å². The van der Waals surface area contributed by atoms with Crippen LogP contribution in [0.15, 0.2) is 21.2 Å². The number of ether oxygens (including phenoxy) is 1. The second kappa shape index (κ2) is 9.68. The summed E-state index contributed by atoms with van der Waals surface area (Å²) in [4.78, 5) is 24.1. The molecule has 0 saturated carbocycles. The van der Waals surface area contributed by atoms with Crippen molar-refractivity contribution in [3.63, 3.8) is 0 Å². The third kappa shape index (κ3) is 7.30. The monoisotopic (exact) mass is 408 g/mol. The SMILES string of the molecule is CC(C)C(CNC(=O)CCc1nnc(-c2ccsc2)o1)NC(=O)OC(C)(C)C. The maximum atomic E-state index is 12.2. The molecular formula is C19H28N4O4S. The Hall–Kier alpha value is -2.42. The smallest absolute Gasteiger partial charge is 0.407 e. The minimum absolute atomic E-state index is 0.136. The zero-order valence-corrected chi connectivity index (χ0v) is 17.8. The van der Waals surface area contributed by atoms with Crippen LogP contribution in [0.4, 0.5) is 4.79 Å². The summed E-state index contributed by atoms with van der Waals surface area (Å²) in [6.45, 7) is 9.68. The fraction of sp³-hybridized carbons (Fsp3) is 0.579. The molecule has 0 aliphatic rings. The Morgan fingerprint density at radius 1 is 1.29 bits per heavy atom. The molecule has 9 heteroatoms. The van der Waals surface area contributed by atoms with Crippen molar-refractivity contribution < 1.29 is 18.7 Å². The van der Waals surface area contributed by atoms with E-state index in [4.69, 9.17) is 9.15 Å². The lowest BCUT2D eigenvalue weighted by atomic mass is 10.0. The van der Waals surface area contributed by atoms with Crippen molar-refractivity contribution >= 4 is 23.3 Å². The van der Waals surface area contributed by atoms with Crippen LogP contribution >= 0.6 is 11.3 Å². The van der Waals surface area contributed by atoms with E-state index in [1.165, 1.54) is 0 Å². The van der Waals surface area contributed by atoms with Crippen molar-refractivity contribution in [2.24, 2.45) is 5.92 Å². The van der Waals surface area contributed by atoms with E-state index in [2.05, 4.69) is 20.8 Å². The predicted molar refractivity (Wildman–Crippen MR) is 107 cm³/mol. The van der Waals surface area contributed by atoms with Gasteiger partial charge in [-0.1, -0.05) is 13.8 Å². The predicted octanol–water partition coefficient (Wildman–Crippen LogP) is 3.40. The van der Waals surface area contributed by atoms with Gasteiger partial charge in [0.05, 0.1) is 6.04 Å². The summed E-state index contributed by atoms with van der Waals surface area (Å²) in [5.41, 5.74) is 0.307. The molecule has 2 aromatic heterocycles. The fourth-order valence-corrected chi connectivity index (χ4v) is 2.93. The van der Waals surface area contributed by atoms with Gasteiger partial charge in [-0.05, 0) is 38.1 Å². The highest BCUT2D eigenvalue weighted by Gasteiger charge is 2.22. The van der Waals surface area contributed by atoms with E-state index in [0.29, 0.717) is 24.7 Å². The van der Waals surface area contributed by atoms with Gasteiger partial charge in [-0.3, -0.25) is 4.79 Å². The number of hydrogen-bond donors (Lipinski definition) is 2. The molecular weight excluding hydrogens is 380 g/mol. The van der Waals surface area contributed by atoms with Gasteiger partial charge in [0.15, 0.2) is 0 Å². The molecule has 1 atom stereocenters. The molecule has 1 unspecified atom stereocenters. The van der Waals surface area contributed by atoms with Gasteiger partial charge >= 0.3 is 6.09 Å². The lowest BCUT2D eigenvalue weighted by Crippen LogP contribution is -2.48. The highest BCUT2D eigenvalue weighted by atomic mass is 32.1. The number of carbonyl (C=O) groups excluding carboxylic acids is 2. The first-order valence-corrected chi connectivity index (χ1v) is 10.2. The first-order valence-electron chi connectivity index (χ1n) is 9.25. The molecule has 2 rings (SSSR count). The molecule has 154 valence electrons. The van der Waals surface area contributed by atoms with Crippen molar-refractivity contribution in [2.45, 2.75) is 59.1 Å². The standard InChI is InChI=1S/C19H28N4O4S/c1-12(2)14(21-18(25)27-19(3,4)5)10-20-15(24)6-7-16-22-23-17(26-16)13-8-9-28-11-13/h8-9,11-12,14H,6-7,10H2,1-5H3,(H,20,24)(H,21,25). The summed E-state index contributed by atoms with van der Waals surface area (Å²) in [5, 5.41) is 17.5. The van der Waals surface area contributed by atoms with Gasteiger partial charge in [0, 0.05) is 30.3 Å². The Morgan fingerprint density at radius 2 is 2.04 bits per heavy atom. The number of alkyl carbamates (subject to hydrolysis) is 1. The summed E-state index contributed by atoms with van der Waals surface area (Å²) >= 11 is 1.55. The summed E-state index contributed by atoms with van der Waals surface area (Å²) in [6, 6.07) is 1.67. The first-order chi connectivity index (χ1) is 13.1. The topological polar surface area (TPSA) is 106 Å². The van der Waals surface area contributed by atoms with Crippen LogP contribution < -0.4 is 10.6 Å². The Labute approximate surface area is 169 Å². The van der Waals surface area contributed by atoms with Crippen LogP contribution in [0.1, 0.15) is 46.9 Å². The van der Waals surface area contributed by atoms with Gasteiger partial charge in [0.2, 0.25) is 17.7 Å². The number of nitrogens with one attached hydrogen (secondary N) is 2. The molecule has 0 aromatic carbocycles. The normalized spacial score (nSPS) is 12.6. The minimum Gasteiger partial charge on any atom is -0.444 e. The quantitative estimate of drug-likeness (QED) is 0.693. The summed E-state index contributed by atoms with van der Waals surface area (Å²) < 4.78 is 10.8. The maximum absolute atomic E-state index is 12.2. The number of carbonyl (C=O) groups is 2. The average molecular weight is 409 g/mol. The molecule has 2 aromatic rings. The molecule has 8 nitrogen and oxygen atoms in total. The number of nitrogens with zero attached hydrogens (tertiary/aromatic N) is 2. The maximum Gasteiger partial charge on any atom is 0.407 e. The molecule has 2 N–H and O–H groups in total. The van der Waals surface area contributed by atoms with Crippen LogP contribution in [0.25, 0.3) is 11.5 Å². The van der Waals surface area contributed by atoms with E-state index < -0.39 is 11.7 Å². The second-order valence-electron chi connectivity index (χ2n) is 7.81. The fourth-order valence-electron chi connectivity index (χ4n) is 2.30. The van der Waals surface area contributed by atoms with E-state index in [-0.39, 0.29) is 24.3 Å². The number of aromatic nitrogens is 2. The average Bonchev–Trinajstić information content (AvgIpc) is 3.25. The zero-order chi connectivity index (χ0) is 20.7. The van der Waals surface area contributed by atoms with E-state index in [0.717, 1.165) is 5.56 Å². The molecule has 0 fully saturated rings. The molecule has 28 heavy (non-hydrogen) atoms. The van der Waals surface area contributed by atoms with Crippen LogP contribution in [0.3, 0.4) is 0 Å².